The van der Waals surface area contributed by atoms with Crippen molar-refractivity contribution in [3.63, 3.8) is 0 Å². The molecule has 4 heterocycles. The maximum Gasteiger partial charge on any atom is 0.241 e. The highest BCUT2D eigenvalue weighted by molar-refractivity contribution is 5.55. The highest BCUT2D eigenvalue weighted by Crippen LogP contribution is 2.23. The molecule has 7 heteroatoms. The fourth-order valence-corrected chi connectivity index (χ4v) is 4.06. The van der Waals surface area contributed by atoms with Crippen LogP contribution in [-0.2, 0) is 6.54 Å². The molecule has 0 bridgehead atoms. The average Bonchev–Trinajstić information content (AvgIpc) is 3.19. The molecular weight excluding hydrogens is 352 g/mol. The van der Waals surface area contributed by atoms with Crippen LogP contribution < -0.4 is 4.90 Å². The molecule has 0 saturated carbocycles. The van der Waals surface area contributed by atoms with Gasteiger partial charge in [0.1, 0.15) is 5.82 Å². The summed E-state index contributed by atoms with van der Waals surface area (Å²) in [6.45, 7) is 13.0. The Morgan fingerprint density at radius 3 is 2.46 bits per heavy atom. The van der Waals surface area contributed by atoms with Crippen LogP contribution in [0.3, 0.4) is 0 Å². The first-order valence-electron chi connectivity index (χ1n) is 10.7. The van der Waals surface area contributed by atoms with Gasteiger partial charge in [0.05, 0.1) is 6.54 Å². The maximum absolute atomic E-state index is 5.50. The summed E-state index contributed by atoms with van der Waals surface area (Å²) < 4.78 is 5.50. The van der Waals surface area contributed by atoms with Crippen molar-refractivity contribution in [3.8, 4) is 11.4 Å². The molecule has 2 aliphatic heterocycles. The summed E-state index contributed by atoms with van der Waals surface area (Å²) in [6, 6.07) is 4.13. The van der Waals surface area contributed by atoms with Crippen LogP contribution in [0, 0.1) is 5.92 Å². The molecule has 0 spiro atoms. The van der Waals surface area contributed by atoms with Crippen molar-refractivity contribution in [3.05, 3.63) is 24.2 Å². The zero-order chi connectivity index (χ0) is 19.3. The van der Waals surface area contributed by atoms with Gasteiger partial charge in [-0.25, -0.2) is 4.98 Å². The van der Waals surface area contributed by atoms with E-state index in [1.165, 1.54) is 25.8 Å². The minimum Gasteiger partial charge on any atom is -0.357 e. The van der Waals surface area contributed by atoms with Crippen LogP contribution in [0.5, 0.6) is 0 Å². The van der Waals surface area contributed by atoms with Gasteiger partial charge in [-0.3, -0.25) is 4.90 Å². The van der Waals surface area contributed by atoms with E-state index in [1.807, 2.05) is 6.20 Å². The highest BCUT2D eigenvalue weighted by Gasteiger charge is 2.20. The lowest BCUT2D eigenvalue weighted by molar-refractivity contribution is 0.117. The maximum atomic E-state index is 5.50. The number of hydrogen-bond donors (Lipinski definition) is 0. The molecule has 2 saturated heterocycles. The van der Waals surface area contributed by atoms with E-state index < -0.39 is 0 Å². The van der Waals surface area contributed by atoms with Gasteiger partial charge >= 0.3 is 0 Å². The third-order valence-corrected chi connectivity index (χ3v) is 5.95. The molecule has 2 aromatic rings. The van der Waals surface area contributed by atoms with Crippen molar-refractivity contribution in [2.75, 3.05) is 50.7 Å². The van der Waals surface area contributed by atoms with Crippen LogP contribution in [0.15, 0.2) is 22.9 Å². The van der Waals surface area contributed by atoms with Gasteiger partial charge < -0.3 is 14.3 Å². The van der Waals surface area contributed by atoms with E-state index >= 15 is 0 Å². The highest BCUT2D eigenvalue weighted by atomic mass is 16.5. The Kier molecular flexibility index (Phi) is 6.22. The van der Waals surface area contributed by atoms with Crippen LogP contribution in [0.25, 0.3) is 11.4 Å². The van der Waals surface area contributed by atoms with Crippen LogP contribution in [0.1, 0.15) is 39.0 Å². The Morgan fingerprint density at radius 2 is 1.79 bits per heavy atom. The number of rotatable bonds is 6. The predicted molar refractivity (Wildman–Crippen MR) is 110 cm³/mol. The molecule has 2 aromatic heterocycles. The summed E-state index contributed by atoms with van der Waals surface area (Å²) in [5, 5.41) is 4.17. The Bertz CT molecular complexity index is 730. The van der Waals surface area contributed by atoms with Crippen molar-refractivity contribution in [2.45, 2.75) is 39.7 Å². The van der Waals surface area contributed by atoms with Crippen molar-refractivity contribution < 1.29 is 4.52 Å². The Labute approximate surface area is 167 Å². The van der Waals surface area contributed by atoms with Crippen LogP contribution in [0.2, 0.25) is 0 Å². The van der Waals surface area contributed by atoms with Crippen molar-refractivity contribution in [1.29, 1.82) is 0 Å². The van der Waals surface area contributed by atoms with Crippen molar-refractivity contribution in [2.24, 2.45) is 5.92 Å². The molecule has 2 aliphatic rings. The fraction of sp³-hybridized carbons (Fsp3) is 0.667. The molecule has 0 amide bonds. The summed E-state index contributed by atoms with van der Waals surface area (Å²) in [7, 11) is 0. The van der Waals surface area contributed by atoms with Crippen molar-refractivity contribution >= 4 is 5.82 Å². The van der Waals surface area contributed by atoms with Crippen LogP contribution in [-0.4, -0.2) is 70.7 Å². The molecule has 0 unspecified atom stereocenters. The first-order chi connectivity index (χ1) is 13.7. The van der Waals surface area contributed by atoms with Gasteiger partial charge in [0.2, 0.25) is 11.7 Å². The molecule has 28 heavy (non-hydrogen) atoms. The monoisotopic (exact) mass is 384 g/mol. The van der Waals surface area contributed by atoms with Gasteiger partial charge in [-0.05, 0) is 43.9 Å². The standard InChI is InChI=1S/C21H32N6O/c1-3-8-25-11-13-26(14-12-25)16-20-23-21(24-28-20)18-4-5-19(22-15-18)27-9-6-17(2)7-10-27/h4-5,15,17H,3,6-14,16H2,1-2H3. The summed E-state index contributed by atoms with van der Waals surface area (Å²) in [5.74, 6) is 3.19. The average molecular weight is 385 g/mol. The summed E-state index contributed by atoms with van der Waals surface area (Å²) in [5.41, 5.74) is 0.914. The van der Waals surface area contributed by atoms with E-state index in [1.54, 1.807) is 0 Å². The quantitative estimate of drug-likeness (QED) is 0.759. The van der Waals surface area contributed by atoms with Gasteiger partial charge in [0.15, 0.2) is 0 Å². The number of nitrogens with zero attached hydrogens (tertiary/aromatic N) is 6. The second-order valence-corrected chi connectivity index (χ2v) is 8.20. The Morgan fingerprint density at radius 1 is 1.04 bits per heavy atom. The van der Waals surface area contributed by atoms with Gasteiger partial charge in [-0.2, -0.15) is 4.98 Å². The van der Waals surface area contributed by atoms with E-state index in [-0.39, 0.29) is 0 Å². The number of piperidine rings is 1. The number of pyridine rings is 1. The largest absolute Gasteiger partial charge is 0.357 e. The second kappa shape index (κ2) is 9.01. The third-order valence-electron chi connectivity index (χ3n) is 5.95. The van der Waals surface area contributed by atoms with E-state index in [4.69, 9.17) is 4.52 Å². The smallest absolute Gasteiger partial charge is 0.241 e. The molecule has 0 aromatic carbocycles. The molecule has 4 rings (SSSR count). The molecule has 0 N–H and O–H groups in total. The van der Waals surface area contributed by atoms with E-state index in [2.05, 4.69) is 55.8 Å². The summed E-state index contributed by atoms with van der Waals surface area (Å²) in [4.78, 5) is 16.5. The topological polar surface area (TPSA) is 61.5 Å². The lowest BCUT2D eigenvalue weighted by Crippen LogP contribution is -2.46. The van der Waals surface area contributed by atoms with E-state index in [0.29, 0.717) is 11.7 Å². The second-order valence-electron chi connectivity index (χ2n) is 8.20. The Balaban J connectivity index is 1.33. The van der Waals surface area contributed by atoms with Gasteiger partial charge in [0.25, 0.3) is 0 Å². The number of hydrogen-bond acceptors (Lipinski definition) is 7. The van der Waals surface area contributed by atoms with Gasteiger partial charge in [-0.15, -0.1) is 0 Å². The van der Waals surface area contributed by atoms with Crippen LogP contribution >= 0.6 is 0 Å². The minimum absolute atomic E-state index is 0.630. The Hall–Kier alpha value is -1.99. The molecule has 152 valence electrons. The van der Waals surface area contributed by atoms with Crippen molar-refractivity contribution in [1.82, 2.24) is 24.9 Å². The molecule has 2 fully saturated rings. The molecule has 0 radical (unpaired) electrons. The minimum atomic E-state index is 0.630. The molecule has 7 nitrogen and oxygen atoms in total. The van der Waals surface area contributed by atoms with E-state index in [9.17, 15) is 0 Å². The zero-order valence-corrected chi connectivity index (χ0v) is 17.2. The lowest BCUT2D eigenvalue weighted by Gasteiger charge is -2.33. The molecular formula is C21H32N6O. The fourth-order valence-electron chi connectivity index (χ4n) is 4.06. The SMILES string of the molecule is CCCN1CCN(Cc2nc(-c3ccc(N4CCC(C)CC4)nc3)no2)CC1. The zero-order valence-electron chi connectivity index (χ0n) is 17.2. The predicted octanol–water partition coefficient (Wildman–Crippen LogP) is 2.90. The first kappa shape index (κ1) is 19.3. The number of aromatic nitrogens is 3. The lowest BCUT2D eigenvalue weighted by atomic mass is 9.99. The first-order valence-corrected chi connectivity index (χ1v) is 10.7. The number of piperazine rings is 1. The van der Waals surface area contributed by atoms with Crippen LogP contribution in [0.4, 0.5) is 5.82 Å². The third kappa shape index (κ3) is 4.70. The number of anilines is 1. The summed E-state index contributed by atoms with van der Waals surface area (Å²) in [6.07, 6.45) is 5.57. The summed E-state index contributed by atoms with van der Waals surface area (Å²) >= 11 is 0. The normalized spacial score (nSPS) is 20.0. The molecule has 0 atom stereocenters. The molecule has 0 aliphatic carbocycles. The van der Waals surface area contributed by atoms with Gasteiger partial charge in [0, 0.05) is 51.0 Å². The van der Waals surface area contributed by atoms with E-state index in [0.717, 1.165) is 63.1 Å². The van der Waals surface area contributed by atoms with Gasteiger partial charge in [-0.1, -0.05) is 19.0 Å².